The quantitative estimate of drug-likeness (QED) is 0.829. The molecule has 0 radical (unpaired) electrons. The van der Waals surface area contributed by atoms with Gasteiger partial charge in [0.1, 0.15) is 0 Å². The maximum Gasteiger partial charge on any atom is 0.220 e. The number of benzene rings is 1. The van der Waals surface area contributed by atoms with Gasteiger partial charge in [0, 0.05) is 18.4 Å². The first-order valence-corrected chi connectivity index (χ1v) is 8.34. The highest BCUT2D eigenvalue weighted by Crippen LogP contribution is 2.44. The zero-order valence-corrected chi connectivity index (χ0v) is 13.3. The van der Waals surface area contributed by atoms with Crippen LogP contribution in [0.5, 0.6) is 0 Å². The lowest BCUT2D eigenvalue weighted by Gasteiger charge is -2.34. The Morgan fingerprint density at radius 1 is 1.36 bits per heavy atom. The molecular weight excluding hydrogens is 274 g/mol. The summed E-state index contributed by atoms with van der Waals surface area (Å²) in [5.41, 5.74) is 2.56. The van der Waals surface area contributed by atoms with Crippen LogP contribution in [0.4, 0.5) is 0 Å². The maximum atomic E-state index is 11.7. The Hall–Kier alpha value is -1.77. The van der Waals surface area contributed by atoms with Crippen LogP contribution >= 0.6 is 0 Å². The molecule has 22 heavy (non-hydrogen) atoms. The van der Waals surface area contributed by atoms with E-state index in [1.54, 1.807) is 6.08 Å². The first kappa shape index (κ1) is 15.1. The van der Waals surface area contributed by atoms with Gasteiger partial charge in [0.15, 0.2) is 0 Å². The molecule has 2 aliphatic rings. The van der Waals surface area contributed by atoms with Crippen molar-refractivity contribution in [3.63, 3.8) is 0 Å². The summed E-state index contributed by atoms with van der Waals surface area (Å²) in [7, 11) is 0. The molecule has 0 bridgehead atoms. The average molecular weight is 299 g/mol. The Bertz CT molecular complexity index is 576. The van der Waals surface area contributed by atoms with Gasteiger partial charge in [-0.25, -0.2) is 0 Å². The molecule has 1 aliphatic carbocycles. The van der Waals surface area contributed by atoms with Gasteiger partial charge in [0.25, 0.3) is 0 Å². The number of nitrogens with one attached hydrogen (secondary N) is 1. The number of hydrogen-bond acceptors (Lipinski definition) is 2. The van der Waals surface area contributed by atoms with Crippen LogP contribution in [0.2, 0.25) is 0 Å². The summed E-state index contributed by atoms with van der Waals surface area (Å²) in [6.45, 7) is 1.85. The highest BCUT2D eigenvalue weighted by Gasteiger charge is 2.42. The minimum Gasteiger partial charge on any atom is -0.512 e. The molecule has 1 aromatic carbocycles. The third kappa shape index (κ3) is 3.18. The van der Waals surface area contributed by atoms with E-state index in [0.717, 1.165) is 37.7 Å². The van der Waals surface area contributed by atoms with Crippen molar-refractivity contribution in [1.29, 1.82) is 0 Å². The molecule has 3 heteroatoms. The molecule has 1 spiro atoms. The van der Waals surface area contributed by atoms with Crippen LogP contribution in [0.3, 0.4) is 0 Å². The van der Waals surface area contributed by atoms with E-state index in [1.165, 1.54) is 5.56 Å². The fourth-order valence-electron chi connectivity index (χ4n) is 3.98. The van der Waals surface area contributed by atoms with Crippen molar-refractivity contribution in [2.24, 2.45) is 0 Å². The maximum absolute atomic E-state index is 11.7. The van der Waals surface area contributed by atoms with Crippen LogP contribution < -0.4 is 5.32 Å². The lowest BCUT2D eigenvalue weighted by atomic mass is 9.85. The topological polar surface area (TPSA) is 49.3 Å². The highest BCUT2D eigenvalue weighted by atomic mass is 16.3. The number of aliphatic hydroxyl groups is 1. The van der Waals surface area contributed by atoms with Gasteiger partial charge in [-0.1, -0.05) is 24.3 Å². The lowest BCUT2D eigenvalue weighted by molar-refractivity contribution is -0.125. The van der Waals surface area contributed by atoms with Gasteiger partial charge in [0.2, 0.25) is 5.91 Å². The molecule has 2 fully saturated rings. The largest absolute Gasteiger partial charge is 0.512 e. The van der Waals surface area contributed by atoms with Crippen molar-refractivity contribution < 1.29 is 9.90 Å². The van der Waals surface area contributed by atoms with E-state index >= 15 is 0 Å². The van der Waals surface area contributed by atoms with Crippen molar-refractivity contribution in [2.45, 2.75) is 63.3 Å². The lowest BCUT2D eigenvalue weighted by Crippen LogP contribution is -2.49. The smallest absolute Gasteiger partial charge is 0.220 e. The van der Waals surface area contributed by atoms with Crippen molar-refractivity contribution in [3.8, 4) is 0 Å². The molecule has 2 N–H and O–H groups in total. The Balaban J connectivity index is 1.67. The summed E-state index contributed by atoms with van der Waals surface area (Å²) < 4.78 is 0. The summed E-state index contributed by atoms with van der Waals surface area (Å²) in [6, 6.07) is 8.60. The SMILES string of the molecule is CC=C(O)Cc1ccc([C@H]2CC[C@]3(CCCC(=O)N3)C2)cc1. The van der Waals surface area contributed by atoms with E-state index in [2.05, 4.69) is 29.6 Å². The molecule has 1 aliphatic heterocycles. The summed E-state index contributed by atoms with van der Waals surface area (Å²) in [5.74, 6) is 1.18. The van der Waals surface area contributed by atoms with Crippen LogP contribution in [-0.2, 0) is 11.2 Å². The van der Waals surface area contributed by atoms with E-state index in [-0.39, 0.29) is 11.4 Å². The standard InChI is InChI=1S/C19H25NO2/c1-2-17(21)12-14-5-7-15(8-6-14)16-9-11-19(13-16)10-3-4-18(22)20-19/h2,5-8,16,21H,3-4,9-13H2,1H3,(H,20,22)/t16-,19+/m0/s1. The molecule has 2 atom stereocenters. The fraction of sp³-hybridized carbons (Fsp3) is 0.526. The second kappa shape index (κ2) is 6.15. The molecule has 0 aromatic heterocycles. The number of amides is 1. The fourth-order valence-corrected chi connectivity index (χ4v) is 3.98. The third-order valence-corrected chi connectivity index (χ3v) is 5.24. The molecule has 1 saturated heterocycles. The van der Waals surface area contributed by atoms with E-state index in [0.29, 0.717) is 24.5 Å². The molecule has 1 heterocycles. The summed E-state index contributed by atoms with van der Waals surface area (Å²) in [4.78, 5) is 11.7. The second-order valence-electron chi connectivity index (χ2n) is 6.82. The van der Waals surface area contributed by atoms with Crippen molar-refractivity contribution in [3.05, 3.63) is 47.2 Å². The van der Waals surface area contributed by atoms with Gasteiger partial charge in [-0.15, -0.1) is 0 Å². The van der Waals surface area contributed by atoms with Crippen molar-refractivity contribution in [2.75, 3.05) is 0 Å². The Morgan fingerprint density at radius 3 is 2.82 bits per heavy atom. The molecule has 0 unspecified atom stereocenters. The number of aliphatic hydroxyl groups excluding tert-OH is 1. The predicted molar refractivity (Wildman–Crippen MR) is 87.8 cm³/mol. The van der Waals surface area contributed by atoms with Crippen LogP contribution in [0.25, 0.3) is 0 Å². The van der Waals surface area contributed by atoms with E-state index < -0.39 is 0 Å². The molecule has 3 nitrogen and oxygen atoms in total. The number of rotatable bonds is 3. The zero-order valence-electron chi connectivity index (χ0n) is 13.3. The first-order chi connectivity index (χ1) is 10.6. The van der Waals surface area contributed by atoms with E-state index in [4.69, 9.17) is 0 Å². The van der Waals surface area contributed by atoms with Gasteiger partial charge < -0.3 is 10.4 Å². The minimum absolute atomic E-state index is 0.0574. The number of hydrogen-bond donors (Lipinski definition) is 2. The number of carbonyl (C=O) groups is 1. The van der Waals surface area contributed by atoms with Gasteiger partial charge in [0.05, 0.1) is 5.76 Å². The Kier molecular flexibility index (Phi) is 4.23. The van der Waals surface area contributed by atoms with E-state index in [9.17, 15) is 9.90 Å². The third-order valence-electron chi connectivity index (χ3n) is 5.24. The van der Waals surface area contributed by atoms with Crippen LogP contribution in [-0.4, -0.2) is 16.6 Å². The molecule has 1 amide bonds. The number of piperidine rings is 1. The van der Waals surface area contributed by atoms with E-state index in [1.807, 2.05) is 6.92 Å². The van der Waals surface area contributed by atoms with Crippen molar-refractivity contribution >= 4 is 5.91 Å². The van der Waals surface area contributed by atoms with Gasteiger partial charge in [-0.05, 0) is 62.1 Å². The Morgan fingerprint density at radius 2 is 2.14 bits per heavy atom. The summed E-state index contributed by atoms with van der Waals surface area (Å²) in [6.07, 6.45) is 8.50. The van der Waals surface area contributed by atoms with Gasteiger partial charge in [-0.3, -0.25) is 4.79 Å². The minimum atomic E-state index is 0.0574. The van der Waals surface area contributed by atoms with Crippen LogP contribution in [0, 0.1) is 0 Å². The molecule has 118 valence electrons. The first-order valence-electron chi connectivity index (χ1n) is 8.34. The molecular formula is C19H25NO2. The molecule has 1 saturated carbocycles. The van der Waals surface area contributed by atoms with Gasteiger partial charge >= 0.3 is 0 Å². The average Bonchev–Trinajstić information content (AvgIpc) is 2.91. The van der Waals surface area contributed by atoms with Crippen LogP contribution in [0.1, 0.15) is 62.5 Å². The second-order valence-corrected chi connectivity index (χ2v) is 6.82. The summed E-state index contributed by atoms with van der Waals surface area (Å²) in [5, 5.41) is 12.9. The number of carbonyl (C=O) groups excluding carboxylic acids is 1. The monoisotopic (exact) mass is 299 g/mol. The molecule has 3 rings (SSSR count). The Labute approximate surface area is 132 Å². The highest BCUT2D eigenvalue weighted by molar-refractivity contribution is 5.77. The zero-order chi connectivity index (χ0) is 15.6. The normalized spacial score (nSPS) is 28.9. The molecule has 1 aromatic rings. The number of allylic oxidation sites excluding steroid dienone is 2. The van der Waals surface area contributed by atoms with Crippen LogP contribution in [0.15, 0.2) is 36.1 Å². The van der Waals surface area contributed by atoms with Gasteiger partial charge in [-0.2, -0.15) is 0 Å². The summed E-state index contributed by atoms with van der Waals surface area (Å²) >= 11 is 0. The predicted octanol–water partition coefficient (Wildman–Crippen LogP) is 4.00. The van der Waals surface area contributed by atoms with Crippen molar-refractivity contribution in [1.82, 2.24) is 5.32 Å².